The van der Waals surface area contributed by atoms with Gasteiger partial charge in [-0.25, -0.2) is 0 Å². The van der Waals surface area contributed by atoms with E-state index in [-0.39, 0.29) is 5.91 Å². The van der Waals surface area contributed by atoms with E-state index in [4.69, 9.17) is 0 Å². The maximum atomic E-state index is 11.7. The SMILES string of the molecule is CC(O)C(C)(C)NC(=O)c1ccccn1. The summed E-state index contributed by atoms with van der Waals surface area (Å²) in [5.41, 5.74) is -0.305. The number of nitrogens with zero attached hydrogens (tertiary/aromatic N) is 1. The zero-order valence-corrected chi connectivity index (χ0v) is 9.19. The minimum absolute atomic E-state index is 0.276. The average Bonchev–Trinajstić information content (AvgIpc) is 2.18. The highest BCUT2D eigenvalue weighted by molar-refractivity contribution is 5.92. The summed E-state index contributed by atoms with van der Waals surface area (Å²) in [6.07, 6.45) is 0.940. The quantitative estimate of drug-likeness (QED) is 0.778. The molecule has 2 N–H and O–H groups in total. The van der Waals surface area contributed by atoms with Crippen LogP contribution in [0.2, 0.25) is 0 Å². The number of carbonyl (C=O) groups excluding carboxylic acids is 1. The molecule has 0 radical (unpaired) electrons. The van der Waals surface area contributed by atoms with Gasteiger partial charge in [-0.15, -0.1) is 0 Å². The first-order valence-corrected chi connectivity index (χ1v) is 4.85. The summed E-state index contributed by atoms with van der Waals surface area (Å²) in [5.74, 6) is -0.276. The van der Waals surface area contributed by atoms with E-state index in [1.165, 1.54) is 0 Å². The van der Waals surface area contributed by atoms with Crippen molar-refractivity contribution in [3.8, 4) is 0 Å². The third kappa shape index (κ3) is 3.02. The van der Waals surface area contributed by atoms with Crippen LogP contribution in [-0.4, -0.2) is 27.6 Å². The zero-order valence-electron chi connectivity index (χ0n) is 9.19. The molecule has 1 atom stereocenters. The molecule has 0 saturated carbocycles. The highest BCUT2D eigenvalue weighted by Gasteiger charge is 2.26. The van der Waals surface area contributed by atoms with Crippen molar-refractivity contribution in [1.29, 1.82) is 0 Å². The lowest BCUT2D eigenvalue weighted by Crippen LogP contribution is -2.51. The smallest absolute Gasteiger partial charge is 0.270 e. The van der Waals surface area contributed by atoms with Crippen LogP contribution in [-0.2, 0) is 0 Å². The number of rotatable bonds is 3. The Kier molecular flexibility index (Phi) is 3.42. The van der Waals surface area contributed by atoms with Crippen molar-refractivity contribution in [3.63, 3.8) is 0 Å². The first-order valence-electron chi connectivity index (χ1n) is 4.85. The van der Waals surface area contributed by atoms with Crippen molar-refractivity contribution in [2.24, 2.45) is 0 Å². The van der Waals surface area contributed by atoms with E-state index in [0.29, 0.717) is 5.69 Å². The molecule has 1 aromatic rings. The topological polar surface area (TPSA) is 62.2 Å². The van der Waals surface area contributed by atoms with Crippen molar-refractivity contribution in [2.45, 2.75) is 32.4 Å². The molecule has 82 valence electrons. The van der Waals surface area contributed by atoms with Crippen molar-refractivity contribution in [1.82, 2.24) is 10.3 Å². The third-order valence-corrected chi connectivity index (χ3v) is 2.38. The van der Waals surface area contributed by atoms with Crippen LogP contribution in [0.25, 0.3) is 0 Å². The molecule has 1 unspecified atom stereocenters. The van der Waals surface area contributed by atoms with Crippen LogP contribution >= 0.6 is 0 Å². The van der Waals surface area contributed by atoms with Gasteiger partial charge in [-0.3, -0.25) is 9.78 Å². The van der Waals surface area contributed by atoms with E-state index in [0.717, 1.165) is 0 Å². The fraction of sp³-hybridized carbons (Fsp3) is 0.455. The van der Waals surface area contributed by atoms with E-state index < -0.39 is 11.6 Å². The van der Waals surface area contributed by atoms with Crippen molar-refractivity contribution in [3.05, 3.63) is 30.1 Å². The lowest BCUT2D eigenvalue weighted by atomic mass is 9.98. The Morgan fingerprint density at radius 3 is 2.67 bits per heavy atom. The molecule has 0 aromatic carbocycles. The number of hydrogen-bond donors (Lipinski definition) is 2. The number of hydrogen-bond acceptors (Lipinski definition) is 3. The van der Waals surface area contributed by atoms with Crippen molar-refractivity contribution in [2.75, 3.05) is 0 Å². The van der Waals surface area contributed by atoms with E-state index in [1.54, 1.807) is 45.2 Å². The number of pyridine rings is 1. The van der Waals surface area contributed by atoms with Gasteiger partial charge < -0.3 is 10.4 Å². The van der Waals surface area contributed by atoms with Gasteiger partial charge in [0.25, 0.3) is 5.91 Å². The minimum Gasteiger partial charge on any atom is -0.391 e. The van der Waals surface area contributed by atoms with Gasteiger partial charge in [0.1, 0.15) is 5.69 Å². The molecular weight excluding hydrogens is 192 g/mol. The fourth-order valence-corrected chi connectivity index (χ4v) is 0.958. The van der Waals surface area contributed by atoms with Crippen molar-refractivity contribution >= 4 is 5.91 Å². The number of aromatic nitrogens is 1. The molecule has 0 aliphatic heterocycles. The summed E-state index contributed by atoms with van der Waals surface area (Å²) in [6.45, 7) is 5.16. The lowest BCUT2D eigenvalue weighted by Gasteiger charge is -2.29. The van der Waals surface area contributed by atoms with Gasteiger partial charge in [0.2, 0.25) is 0 Å². The summed E-state index contributed by atoms with van der Waals surface area (Å²) >= 11 is 0. The van der Waals surface area contributed by atoms with Gasteiger partial charge in [-0.2, -0.15) is 0 Å². The van der Waals surface area contributed by atoms with Crippen LogP contribution in [0, 0.1) is 0 Å². The van der Waals surface area contributed by atoms with E-state index >= 15 is 0 Å². The summed E-state index contributed by atoms with van der Waals surface area (Å²) in [7, 11) is 0. The molecule has 1 aromatic heterocycles. The Morgan fingerprint density at radius 2 is 2.20 bits per heavy atom. The molecule has 4 nitrogen and oxygen atoms in total. The minimum atomic E-state index is -0.658. The lowest BCUT2D eigenvalue weighted by molar-refractivity contribution is 0.0705. The largest absolute Gasteiger partial charge is 0.391 e. The predicted octanol–water partition coefficient (Wildman–Crippen LogP) is 0.971. The molecule has 0 fully saturated rings. The number of nitrogens with one attached hydrogen (secondary N) is 1. The molecular formula is C11H16N2O2. The summed E-state index contributed by atoms with van der Waals surface area (Å²) in [5, 5.41) is 12.2. The van der Waals surface area contributed by atoms with Crippen LogP contribution in [0.5, 0.6) is 0 Å². The van der Waals surface area contributed by atoms with Gasteiger partial charge in [0, 0.05) is 6.20 Å². The highest BCUT2D eigenvalue weighted by Crippen LogP contribution is 2.09. The first kappa shape index (κ1) is 11.7. The summed E-state index contributed by atoms with van der Waals surface area (Å²) in [4.78, 5) is 15.6. The molecule has 4 heteroatoms. The molecule has 15 heavy (non-hydrogen) atoms. The molecule has 0 aliphatic carbocycles. The second kappa shape index (κ2) is 4.40. The van der Waals surface area contributed by atoms with Gasteiger partial charge in [0.15, 0.2) is 0 Å². The van der Waals surface area contributed by atoms with Gasteiger partial charge >= 0.3 is 0 Å². The van der Waals surface area contributed by atoms with Crippen molar-refractivity contribution < 1.29 is 9.90 Å². The number of amides is 1. The Morgan fingerprint density at radius 1 is 1.53 bits per heavy atom. The Labute approximate surface area is 89.3 Å². The van der Waals surface area contributed by atoms with Crippen LogP contribution in [0.4, 0.5) is 0 Å². The maximum absolute atomic E-state index is 11.7. The number of aliphatic hydroxyl groups is 1. The van der Waals surface area contributed by atoms with Gasteiger partial charge in [-0.1, -0.05) is 6.07 Å². The van der Waals surface area contributed by atoms with Gasteiger partial charge in [-0.05, 0) is 32.9 Å². The molecule has 0 saturated heterocycles. The van der Waals surface area contributed by atoms with Crippen LogP contribution in [0.15, 0.2) is 24.4 Å². The molecule has 1 heterocycles. The molecule has 0 aliphatic rings. The molecule has 0 spiro atoms. The predicted molar refractivity (Wildman–Crippen MR) is 57.5 cm³/mol. The maximum Gasteiger partial charge on any atom is 0.270 e. The summed E-state index contributed by atoms with van der Waals surface area (Å²) < 4.78 is 0. The second-order valence-corrected chi connectivity index (χ2v) is 4.07. The highest BCUT2D eigenvalue weighted by atomic mass is 16.3. The van der Waals surface area contributed by atoms with E-state index in [2.05, 4.69) is 10.3 Å². The average molecular weight is 208 g/mol. The van der Waals surface area contributed by atoms with E-state index in [9.17, 15) is 9.90 Å². The Bertz CT molecular complexity index is 334. The third-order valence-electron chi connectivity index (χ3n) is 2.38. The van der Waals surface area contributed by atoms with Crippen LogP contribution in [0.3, 0.4) is 0 Å². The zero-order chi connectivity index (χ0) is 11.5. The molecule has 1 amide bonds. The second-order valence-electron chi connectivity index (χ2n) is 4.07. The molecule has 0 bridgehead atoms. The Balaban J connectivity index is 2.73. The molecule has 1 rings (SSSR count). The fourth-order valence-electron chi connectivity index (χ4n) is 0.958. The van der Waals surface area contributed by atoms with E-state index in [1.807, 2.05) is 0 Å². The summed E-state index contributed by atoms with van der Waals surface area (Å²) in [6, 6.07) is 5.13. The monoisotopic (exact) mass is 208 g/mol. The first-order chi connectivity index (χ1) is 6.93. The van der Waals surface area contributed by atoms with Crippen LogP contribution in [0.1, 0.15) is 31.3 Å². The standard InChI is InChI=1S/C11H16N2O2/c1-8(14)11(2,3)13-10(15)9-6-4-5-7-12-9/h4-8,14H,1-3H3,(H,13,15). The number of aliphatic hydroxyl groups excluding tert-OH is 1. The Hall–Kier alpha value is -1.42. The van der Waals surface area contributed by atoms with Gasteiger partial charge in [0.05, 0.1) is 11.6 Å². The number of carbonyl (C=O) groups is 1. The van der Waals surface area contributed by atoms with Crippen LogP contribution < -0.4 is 5.32 Å². The normalized spacial score (nSPS) is 13.3.